The maximum absolute atomic E-state index is 12.6. The van der Waals surface area contributed by atoms with Crippen molar-refractivity contribution in [2.24, 2.45) is 0 Å². The molecule has 2 heterocycles. The third kappa shape index (κ3) is 3.34. The molecule has 24 heavy (non-hydrogen) atoms. The standard InChI is InChI=1S/C17H17N3O4/c1-12-9-15-17(18-11-12)24-8-7-19(15)16(21)6-5-13-3-2-4-14(10-13)20(22)23/h2-4,9-11H,5-8H2,1H3. The van der Waals surface area contributed by atoms with Crippen LogP contribution < -0.4 is 9.64 Å². The summed E-state index contributed by atoms with van der Waals surface area (Å²) < 4.78 is 5.48. The van der Waals surface area contributed by atoms with Crippen LogP contribution in [0.3, 0.4) is 0 Å². The molecule has 1 aromatic heterocycles. The number of carbonyl (C=O) groups is 1. The predicted octanol–water partition coefficient (Wildman–Crippen LogP) is 2.66. The Labute approximate surface area is 139 Å². The first-order valence-corrected chi connectivity index (χ1v) is 7.68. The minimum Gasteiger partial charge on any atom is -0.474 e. The summed E-state index contributed by atoms with van der Waals surface area (Å²) in [5.41, 5.74) is 2.45. The maximum Gasteiger partial charge on any atom is 0.269 e. The molecule has 124 valence electrons. The number of nitro benzene ring substituents is 1. The topological polar surface area (TPSA) is 85.6 Å². The summed E-state index contributed by atoms with van der Waals surface area (Å²) in [7, 11) is 0. The van der Waals surface area contributed by atoms with E-state index in [2.05, 4.69) is 4.98 Å². The zero-order valence-electron chi connectivity index (χ0n) is 13.3. The highest BCUT2D eigenvalue weighted by atomic mass is 16.6. The van der Waals surface area contributed by atoms with Crippen LogP contribution in [-0.2, 0) is 11.2 Å². The van der Waals surface area contributed by atoms with Gasteiger partial charge in [0.1, 0.15) is 12.3 Å². The number of fused-ring (bicyclic) bond motifs is 1. The normalized spacial score (nSPS) is 13.1. The van der Waals surface area contributed by atoms with E-state index in [-0.39, 0.29) is 18.0 Å². The van der Waals surface area contributed by atoms with Crippen molar-refractivity contribution in [1.82, 2.24) is 4.98 Å². The molecule has 0 radical (unpaired) electrons. The Kier molecular flexibility index (Phi) is 4.41. The SMILES string of the molecule is Cc1cnc2c(c1)N(C(=O)CCc1cccc([N+](=O)[O-])c1)CCO2. The van der Waals surface area contributed by atoms with E-state index < -0.39 is 4.92 Å². The number of aryl methyl sites for hydroxylation is 2. The molecule has 0 saturated carbocycles. The Bertz CT molecular complexity index is 791. The van der Waals surface area contributed by atoms with E-state index in [9.17, 15) is 14.9 Å². The number of aromatic nitrogens is 1. The van der Waals surface area contributed by atoms with E-state index in [0.717, 1.165) is 11.1 Å². The molecule has 7 heteroatoms. The fourth-order valence-corrected chi connectivity index (χ4v) is 2.67. The molecule has 1 aliphatic heterocycles. The Morgan fingerprint density at radius 3 is 3.04 bits per heavy atom. The third-order valence-corrected chi connectivity index (χ3v) is 3.86. The van der Waals surface area contributed by atoms with E-state index in [4.69, 9.17) is 4.74 Å². The van der Waals surface area contributed by atoms with Gasteiger partial charge in [0.15, 0.2) is 0 Å². The zero-order valence-corrected chi connectivity index (χ0v) is 13.3. The van der Waals surface area contributed by atoms with Gasteiger partial charge in [-0.2, -0.15) is 0 Å². The molecule has 1 aliphatic rings. The average Bonchev–Trinajstić information content (AvgIpc) is 2.59. The third-order valence-electron chi connectivity index (χ3n) is 3.86. The molecule has 0 fully saturated rings. The molecule has 2 aromatic rings. The minimum atomic E-state index is -0.433. The Hall–Kier alpha value is -2.96. The molecule has 0 spiro atoms. The number of rotatable bonds is 4. The van der Waals surface area contributed by atoms with Crippen molar-refractivity contribution < 1.29 is 14.5 Å². The van der Waals surface area contributed by atoms with Crippen molar-refractivity contribution in [3.05, 3.63) is 57.8 Å². The van der Waals surface area contributed by atoms with Crippen LogP contribution in [0.5, 0.6) is 5.88 Å². The molecule has 3 rings (SSSR count). The van der Waals surface area contributed by atoms with E-state index >= 15 is 0 Å². The number of benzene rings is 1. The number of amides is 1. The Morgan fingerprint density at radius 1 is 1.42 bits per heavy atom. The van der Waals surface area contributed by atoms with Crippen molar-refractivity contribution in [1.29, 1.82) is 0 Å². The van der Waals surface area contributed by atoms with Crippen LogP contribution in [0.25, 0.3) is 0 Å². The Balaban J connectivity index is 1.71. The van der Waals surface area contributed by atoms with Gasteiger partial charge in [-0.3, -0.25) is 14.9 Å². The molecular weight excluding hydrogens is 310 g/mol. The van der Waals surface area contributed by atoms with E-state index in [1.54, 1.807) is 23.2 Å². The number of hydrogen-bond donors (Lipinski definition) is 0. The van der Waals surface area contributed by atoms with Gasteiger partial charge < -0.3 is 9.64 Å². The van der Waals surface area contributed by atoms with E-state index in [0.29, 0.717) is 31.1 Å². The molecule has 0 aliphatic carbocycles. The van der Waals surface area contributed by atoms with Crippen molar-refractivity contribution in [3.8, 4) is 5.88 Å². The maximum atomic E-state index is 12.6. The van der Waals surface area contributed by atoms with Crippen LogP contribution in [0.15, 0.2) is 36.5 Å². The quantitative estimate of drug-likeness (QED) is 0.636. The Morgan fingerprint density at radius 2 is 2.25 bits per heavy atom. The summed E-state index contributed by atoms with van der Waals surface area (Å²) in [6, 6.07) is 8.26. The fourth-order valence-electron chi connectivity index (χ4n) is 2.67. The highest BCUT2D eigenvalue weighted by Gasteiger charge is 2.24. The van der Waals surface area contributed by atoms with Gasteiger partial charge in [-0.15, -0.1) is 0 Å². The first-order valence-electron chi connectivity index (χ1n) is 7.68. The van der Waals surface area contributed by atoms with Crippen LogP contribution in [0.1, 0.15) is 17.5 Å². The summed E-state index contributed by atoms with van der Waals surface area (Å²) in [5.74, 6) is 0.425. The number of carbonyl (C=O) groups excluding carboxylic acids is 1. The molecular formula is C17H17N3O4. The number of non-ortho nitro benzene ring substituents is 1. The summed E-state index contributed by atoms with van der Waals surface area (Å²) in [6.07, 6.45) is 2.43. The first-order chi connectivity index (χ1) is 11.5. The highest BCUT2D eigenvalue weighted by molar-refractivity contribution is 5.95. The minimum absolute atomic E-state index is 0.0384. The molecule has 7 nitrogen and oxygen atoms in total. The van der Waals surface area contributed by atoms with Gasteiger partial charge in [0.2, 0.25) is 11.8 Å². The highest BCUT2D eigenvalue weighted by Crippen LogP contribution is 2.30. The molecule has 1 aromatic carbocycles. The van der Waals surface area contributed by atoms with Crippen molar-refractivity contribution in [3.63, 3.8) is 0 Å². The summed E-state index contributed by atoms with van der Waals surface area (Å²) in [6.45, 7) is 2.80. The largest absolute Gasteiger partial charge is 0.474 e. The van der Waals surface area contributed by atoms with Gasteiger partial charge in [0.25, 0.3) is 5.69 Å². The lowest BCUT2D eigenvalue weighted by Crippen LogP contribution is -2.38. The average molecular weight is 327 g/mol. The van der Waals surface area contributed by atoms with E-state index in [1.165, 1.54) is 12.1 Å². The number of nitro groups is 1. The number of anilines is 1. The second kappa shape index (κ2) is 6.66. The monoisotopic (exact) mass is 327 g/mol. The van der Waals surface area contributed by atoms with E-state index in [1.807, 2.05) is 13.0 Å². The predicted molar refractivity (Wildman–Crippen MR) is 88.2 cm³/mol. The number of pyridine rings is 1. The van der Waals surface area contributed by atoms with Crippen molar-refractivity contribution in [2.75, 3.05) is 18.1 Å². The van der Waals surface area contributed by atoms with Crippen molar-refractivity contribution in [2.45, 2.75) is 19.8 Å². The lowest BCUT2D eigenvalue weighted by Gasteiger charge is -2.29. The molecule has 0 unspecified atom stereocenters. The smallest absolute Gasteiger partial charge is 0.269 e. The van der Waals surface area contributed by atoms with Gasteiger partial charge in [-0.1, -0.05) is 12.1 Å². The zero-order chi connectivity index (χ0) is 17.1. The van der Waals surface area contributed by atoms with Gasteiger partial charge in [-0.25, -0.2) is 4.98 Å². The number of hydrogen-bond acceptors (Lipinski definition) is 5. The molecule has 1 amide bonds. The van der Waals surface area contributed by atoms with Crippen LogP contribution in [-0.4, -0.2) is 29.0 Å². The second-order valence-corrected chi connectivity index (χ2v) is 5.66. The number of nitrogens with zero attached hydrogens (tertiary/aromatic N) is 3. The molecule has 0 atom stereocenters. The van der Waals surface area contributed by atoms with Crippen molar-refractivity contribution >= 4 is 17.3 Å². The molecule has 0 bridgehead atoms. The lowest BCUT2D eigenvalue weighted by molar-refractivity contribution is -0.384. The van der Waals surface area contributed by atoms with Crippen LogP contribution in [0, 0.1) is 17.0 Å². The second-order valence-electron chi connectivity index (χ2n) is 5.66. The first kappa shape index (κ1) is 15.9. The van der Waals surface area contributed by atoms with Crippen LogP contribution in [0.4, 0.5) is 11.4 Å². The molecule has 0 N–H and O–H groups in total. The summed E-state index contributed by atoms with van der Waals surface area (Å²) in [5, 5.41) is 10.8. The summed E-state index contributed by atoms with van der Waals surface area (Å²) >= 11 is 0. The number of ether oxygens (including phenoxy) is 1. The van der Waals surface area contributed by atoms with Crippen LogP contribution >= 0.6 is 0 Å². The lowest BCUT2D eigenvalue weighted by atomic mass is 10.1. The summed E-state index contributed by atoms with van der Waals surface area (Å²) in [4.78, 5) is 28.8. The van der Waals surface area contributed by atoms with Crippen LogP contribution in [0.2, 0.25) is 0 Å². The van der Waals surface area contributed by atoms with Gasteiger partial charge in [0.05, 0.1) is 11.5 Å². The van der Waals surface area contributed by atoms with Gasteiger partial charge >= 0.3 is 0 Å². The fraction of sp³-hybridized carbons (Fsp3) is 0.294. The molecule has 0 saturated heterocycles. The van der Waals surface area contributed by atoms with Gasteiger partial charge in [0, 0.05) is 24.8 Å². The van der Waals surface area contributed by atoms with Gasteiger partial charge in [-0.05, 0) is 30.5 Å².